The first-order valence-electron chi connectivity index (χ1n) is 6.12. The molecule has 5 nitrogen and oxygen atoms in total. The quantitative estimate of drug-likeness (QED) is 0.612. The number of aromatic nitrogens is 2. The minimum atomic E-state index is -1.33. The standard InChI is InChI=1S/C15H14N2O3/c1-10(18)13(14(19)11-6-4-3-5-7-11)15(20)12-8-17(2)9-16-12/h3-9,13H,1-2H3. The molecule has 102 valence electrons. The molecule has 1 heterocycles. The number of Topliss-reactive ketones (excluding diaryl/α,β-unsaturated/α-hetero) is 3. The molecule has 1 atom stereocenters. The zero-order chi connectivity index (χ0) is 14.7. The molecular formula is C15H14N2O3. The molecule has 0 amide bonds. The lowest BCUT2D eigenvalue weighted by atomic mass is 9.89. The van der Waals surface area contributed by atoms with Crippen LogP contribution in [0.3, 0.4) is 0 Å². The van der Waals surface area contributed by atoms with Crippen LogP contribution in [0, 0.1) is 5.92 Å². The molecule has 0 radical (unpaired) electrons. The van der Waals surface area contributed by atoms with E-state index in [0.717, 1.165) is 0 Å². The van der Waals surface area contributed by atoms with Gasteiger partial charge in [-0.25, -0.2) is 4.98 Å². The molecule has 20 heavy (non-hydrogen) atoms. The van der Waals surface area contributed by atoms with E-state index in [9.17, 15) is 14.4 Å². The average Bonchev–Trinajstić information content (AvgIpc) is 2.86. The predicted molar refractivity (Wildman–Crippen MR) is 72.5 cm³/mol. The molecule has 1 unspecified atom stereocenters. The normalized spacial score (nSPS) is 11.9. The Balaban J connectivity index is 2.35. The molecule has 0 bridgehead atoms. The van der Waals surface area contributed by atoms with Crippen molar-refractivity contribution in [2.75, 3.05) is 0 Å². The van der Waals surface area contributed by atoms with Gasteiger partial charge in [-0.15, -0.1) is 0 Å². The molecule has 1 aromatic heterocycles. The summed E-state index contributed by atoms with van der Waals surface area (Å²) in [5.74, 6) is -2.86. The van der Waals surface area contributed by atoms with Crippen molar-refractivity contribution in [3.8, 4) is 0 Å². The Bertz CT molecular complexity index is 659. The van der Waals surface area contributed by atoms with E-state index in [1.165, 1.54) is 19.4 Å². The molecule has 0 N–H and O–H groups in total. The maximum atomic E-state index is 12.3. The Morgan fingerprint density at radius 2 is 1.75 bits per heavy atom. The SMILES string of the molecule is CC(=O)C(C(=O)c1ccccc1)C(=O)c1cn(C)cn1. The lowest BCUT2D eigenvalue weighted by Gasteiger charge is -2.10. The van der Waals surface area contributed by atoms with E-state index in [2.05, 4.69) is 4.98 Å². The summed E-state index contributed by atoms with van der Waals surface area (Å²) < 4.78 is 1.59. The van der Waals surface area contributed by atoms with E-state index >= 15 is 0 Å². The molecule has 0 aliphatic rings. The summed E-state index contributed by atoms with van der Waals surface area (Å²) in [6, 6.07) is 8.32. The third-order valence-corrected chi connectivity index (χ3v) is 2.95. The fraction of sp³-hybridized carbons (Fsp3) is 0.200. The van der Waals surface area contributed by atoms with Crippen LogP contribution >= 0.6 is 0 Å². The highest BCUT2D eigenvalue weighted by molar-refractivity contribution is 6.27. The average molecular weight is 270 g/mol. The molecule has 1 aromatic carbocycles. The van der Waals surface area contributed by atoms with Crippen molar-refractivity contribution in [3.63, 3.8) is 0 Å². The summed E-state index contributed by atoms with van der Waals surface area (Å²) in [7, 11) is 1.71. The number of hydrogen-bond donors (Lipinski definition) is 0. The number of imidazole rings is 1. The fourth-order valence-corrected chi connectivity index (χ4v) is 1.95. The highest BCUT2D eigenvalue weighted by Crippen LogP contribution is 2.15. The van der Waals surface area contributed by atoms with Crippen LogP contribution in [0.4, 0.5) is 0 Å². The van der Waals surface area contributed by atoms with Crippen LogP contribution in [-0.2, 0) is 11.8 Å². The van der Waals surface area contributed by atoms with Gasteiger partial charge in [-0.1, -0.05) is 30.3 Å². The fourth-order valence-electron chi connectivity index (χ4n) is 1.95. The summed E-state index contributed by atoms with van der Waals surface area (Å²) >= 11 is 0. The third kappa shape index (κ3) is 2.71. The van der Waals surface area contributed by atoms with Gasteiger partial charge >= 0.3 is 0 Å². The first-order chi connectivity index (χ1) is 9.50. The van der Waals surface area contributed by atoms with Gasteiger partial charge in [0, 0.05) is 18.8 Å². The lowest BCUT2D eigenvalue weighted by molar-refractivity contribution is -0.118. The maximum Gasteiger partial charge on any atom is 0.201 e. The Morgan fingerprint density at radius 1 is 1.10 bits per heavy atom. The van der Waals surface area contributed by atoms with Crippen molar-refractivity contribution in [2.45, 2.75) is 6.92 Å². The summed E-state index contributed by atoms with van der Waals surface area (Å²) in [5.41, 5.74) is 0.467. The van der Waals surface area contributed by atoms with Gasteiger partial charge in [-0.2, -0.15) is 0 Å². The number of ketones is 3. The number of rotatable bonds is 5. The number of aryl methyl sites for hydroxylation is 1. The van der Waals surface area contributed by atoms with E-state index in [0.29, 0.717) is 5.56 Å². The van der Waals surface area contributed by atoms with Crippen LogP contribution in [0.25, 0.3) is 0 Å². The summed E-state index contributed by atoms with van der Waals surface area (Å²) in [6.07, 6.45) is 2.95. The van der Waals surface area contributed by atoms with Crippen LogP contribution in [0.1, 0.15) is 27.8 Å². The minimum absolute atomic E-state index is 0.122. The zero-order valence-corrected chi connectivity index (χ0v) is 11.2. The van der Waals surface area contributed by atoms with Gasteiger partial charge in [0.25, 0.3) is 0 Å². The third-order valence-electron chi connectivity index (χ3n) is 2.95. The molecule has 0 aliphatic carbocycles. The molecule has 0 saturated carbocycles. The molecule has 2 rings (SSSR count). The zero-order valence-electron chi connectivity index (χ0n) is 11.2. The van der Waals surface area contributed by atoms with Gasteiger partial charge in [-0.3, -0.25) is 14.4 Å². The molecule has 0 spiro atoms. The number of benzene rings is 1. The monoisotopic (exact) mass is 270 g/mol. The predicted octanol–water partition coefficient (Wildman–Crippen LogP) is 1.69. The van der Waals surface area contributed by atoms with Crippen LogP contribution in [0.2, 0.25) is 0 Å². The molecule has 0 aliphatic heterocycles. The van der Waals surface area contributed by atoms with Crippen molar-refractivity contribution in [1.82, 2.24) is 9.55 Å². The number of carbonyl (C=O) groups excluding carboxylic acids is 3. The van der Waals surface area contributed by atoms with Gasteiger partial charge < -0.3 is 4.57 Å². The summed E-state index contributed by atoms with van der Waals surface area (Å²) in [6.45, 7) is 1.24. The van der Waals surface area contributed by atoms with Crippen molar-refractivity contribution in [3.05, 3.63) is 54.1 Å². The van der Waals surface area contributed by atoms with E-state index < -0.39 is 23.3 Å². The van der Waals surface area contributed by atoms with Gasteiger partial charge in [0.05, 0.1) is 6.33 Å². The lowest BCUT2D eigenvalue weighted by Crippen LogP contribution is -2.30. The van der Waals surface area contributed by atoms with Crippen molar-refractivity contribution in [2.24, 2.45) is 13.0 Å². The first-order valence-corrected chi connectivity index (χ1v) is 6.12. The number of nitrogens with zero attached hydrogens (tertiary/aromatic N) is 2. The molecular weight excluding hydrogens is 256 g/mol. The van der Waals surface area contributed by atoms with E-state index in [1.807, 2.05) is 0 Å². The maximum absolute atomic E-state index is 12.3. The van der Waals surface area contributed by atoms with Gasteiger partial charge in [0.2, 0.25) is 5.78 Å². The minimum Gasteiger partial charge on any atom is -0.340 e. The van der Waals surface area contributed by atoms with E-state index in [1.54, 1.807) is 41.9 Å². The topological polar surface area (TPSA) is 69.0 Å². The van der Waals surface area contributed by atoms with Crippen molar-refractivity contribution >= 4 is 17.3 Å². The summed E-state index contributed by atoms with van der Waals surface area (Å²) in [4.78, 5) is 40.2. The highest BCUT2D eigenvalue weighted by Gasteiger charge is 2.33. The highest BCUT2D eigenvalue weighted by atomic mass is 16.2. The van der Waals surface area contributed by atoms with Crippen molar-refractivity contribution < 1.29 is 14.4 Å². The summed E-state index contributed by atoms with van der Waals surface area (Å²) in [5, 5.41) is 0. The second kappa shape index (κ2) is 5.61. The van der Waals surface area contributed by atoms with Gasteiger partial charge in [0.15, 0.2) is 5.78 Å². The van der Waals surface area contributed by atoms with E-state index in [4.69, 9.17) is 0 Å². The largest absolute Gasteiger partial charge is 0.340 e. The molecule has 0 fully saturated rings. The second-order valence-electron chi connectivity index (χ2n) is 4.56. The molecule has 2 aromatic rings. The Kier molecular flexibility index (Phi) is 3.89. The first kappa shape index (κ1) is 13.9. The molecule has 5 heteroatoms. The Hall–Kier alpha value is -2.56. The number of hydrogen-bond acceptors (Lipinski definition) is 4. The van der Waals surface area contributed by atoms with Crippen molar-refractivity contribution in [1.29, 1.82) is 0 Å². The Morgan fingerprint density at radius 3 is 2.25 bits per heavy atom. The van der Waals surface area contributed by atoms with E-state index in [-0.39, 0.29) is 5.69 Å². The van der Waals surface area contributed by atoms with Crippen LogP contribution in [0.15, 0.2) is 42.9 Å². The smallest absolute Gasteiger partial charge is 0.201 e. The van der Waals surface area contributed by atoms with Crippen LogP contribution < -0.4 is 0 Å². The number of carbonyl (C=O) groups is 3. The van der Waals surface area contributed by atoms with Gasteiger partial charge in [-0.05, 0) is 6.92 Å². The molecule has 0 saturated heterocycles. The second-order valence-corrected chi connectivity index (χ2v) is 4.56. The van der Waals surface area contributed by atoms with Crippen LogP contribution in [0.5, 0.6) is 0 Å². The Labute approximate surface area is 116 Å². The van der Waals surface area contributed by atoms with Gasteiger partial charge in [0.1, 0.15) is 17.4 Å². The van der Waals surface area contributed by atoms with Crippen LogP contribution in [-0.4, -0.2) is 26.9 Å².